The second kappa shape index (κ2) is 10.8. The number of carbonyl (C=O) groups is 2. The molecule has 5 atom stereocenters. The quantitative estimate of drug-likeness (QED) is 0.573. The summed E-state index contributed by atoms with van der Waals surface area (Å²) in [7, 11) is 0. The van der Waals surface area contributed by atoms with Gasteiger partial charge in [0.1, 0.15) is 5.82 Å². The zero-order valence-corrected chi connectivity index (χ0v) is 17.2. The van der Waals surface area contributed by atoms with E-state index in [1.54, 1.807) is 6.08 Å². The Morgan fingerprint density at radius 2 is 2.06 bits per heavy atom. The van der Waals surface area contributed by atoms with Crippen molar-refractivity contribution >= 4 is 11.8 Å². The van der Waals surface area contributed by atoms with E-state index >= 15 is 0 Å². The van der Waals surface area contributed by atoms with Crippen molar-refractivity contribution in [2.24, 2.45) is 17.8 Å². The van der Waals surface area contributed by atoms with Crippen LogP contribution in [0, 0.1) is 29.4 Å². The molecule has 0 aromatic heterocycles. The first-order valence-electron chi connectivity index (χ1n) is 10.6. The fraction of sp³-hybridized carbons (Fsp3) is 0.565. The number of ketones is 1. The Labute approximate surface area is 179 Å². The lowest BCUT2D eigenvalue weighted by Gasteiger charge is -2.20. The van der Waals surface area contributed by atoms with Gasteiger partial charge < -0.3 is 19.7 Å². The fourth-order valence-corrected chi connectivity index (χ4v) is 4.49. The van der Waals surface area contributed by atoms with E-state index in [9.17, 15) is 23.5 Å². The molecule has 1 aromatic rings. The largest absolute Gasteiger partial charge is 0.482 e. The average Bonchev–Trinajstić information content (AvgIpc) is 2.88. The minimum atomic E-state index is -0.798. The Morgan fingerprint density at radius 3 is 2.84 bits per heavy atom. The van der Waals surface area contributed by atoms with Crippen molar-refractivity contribution in [1.82, 2.24) is 0 Å². The van der Waals surface area contributed by atoms with Gasteiger partial charge in [0.25, 0.3) is 0 Å². The predicted molar refractivity (Wildman–Crippen MR) is 108 cm³/mol. The number of hydrogen-bond acceptors (Lipinski definition) is 5. The Balaban J connectivity index is 1.52. The van der Waals surface area contributed by atoms with Gasteiger partial charge in [-0.15, -0.1) is 0 Å². The molecule has 2 aliphatic rings. The lowest BCUT2D eigenvalue weighted by Crippen LogP contribution is -2.21. The highest BCUT2D eigenvalue weighted by molar-refractivity contribution is 5.91. The van der Waals surface area contributed by atoms with Crippen LogP contribution in [0.1, 0.15) is 38.5 Å². The van der Waals surface area contributed by atoms with E-state index in [0.717, 1.165) is 37.5 Å². The van der Waals surface area contributed by atoms with Crippen LogP contribution < -0.4 is 4.74 Å². The van der Waals surface area contributed by atoms with Crippen molar-refractivity contribution in [3.05, 3.63) is 42.0 Å². The Kier molecular flexibility index (Phi) is 8.15. The monoisotopic (exact) mass is 438 g/mol. The molecule has 0 amide bonds. The number of aliphatic hydroxyl groups is 1. The summed E-state index contributed by atoms with van der Waals surface area (Å²) < 4.78 is 37.8. The summed E-state index contributed by atoms with van der Waals surface area (Å²) in [4.78, 5) is 22.8. The molecule has 3 rings (SSSR count). The summed E-state index contributed by atoms with van der Waals surface area (Å²) in [5, 5.41) is 19.2. The third-order valence-electron chi connectivity index (χ3n) is 6.11. The molecule has 1 aliphatic carbocycles. The first-order valence-corrected chi connectivity index (χ1v) is 10.6. The van der Waals surface area contributed by atoms with E-state index in [1.165, 1.54) is 6.08 Å². The van der Waals surface area contributed by atoms with Gasteiger partial charge in [-0.3, -0.25) is 9.59 Å². The summed E-state index contributed by atoms with van der Waals surface area (Å²) in [5.74, 6) is -2.82. The Morgan fingerprint density at radius 1 is 1.26 bits per heavy atom. The molecule has 0 bridgehead atoms. The lowest BCUT2D eigenvalue weighted by molar-refractivity contribution is -0.137. The van der Waals surface area contributed by atoms with E-state index in [1.807, 2.05) is 0 Å². The van der Waals surface area contributed by atoms with E-state index in [0.29, 0.717) is 25.4 Å². The number of carboxylic acids is 1. The van der Waals surface area contributed by atoms with Crippen LogP contribution in [0.4, 0.5) is 8.78 Å². The first kappa shape index (κ1) is 23.3. The summed E-state index contributed by atoms with van der Waals surface area (Å²) >= 11 is 0. The van der Waals surface area contributed by atoms with Gasteiger partial charge in [0.15, 0.2) is 24.0 Å². The molecule has 0 radical (unpaired) electrons. The highest BCUT2D eigenvalue weighted by Gasteiger charge is 2.43. The molecule has 31 heavy (non-hydrogen) atoms. The molecule has 2 N–H and O–H groups in total. The standard InChI is InChI=1S/C23H28F2O6/c24-15-5-9-19(25)22(10-15)31-13-16(26)6-8-17-18-7-4-14(2-1-3-23(28)29)12-30-21(18)11-20(17)27/h5-6,8-10,14,17-18,20-21,27H,1-4,7,11-13H2,(H,28,29)/t14-,17+,18+,20+,21-/m0/s1. The molecule has 1 aliphatic heterocycles. The zero-order valence-electron chi connectivity index (χ0n) is 17.2. The predicted octanol–water partition coefficient (Wildman–Crippen LogP) is 3.52. The summed E-state index contributed by atoms with van der Waals surface area (Å²) in [6.45, 7) is 0.117. The van der Waals surface area contributed by atoms with Crippen molar-refractivity contribution in [2.75, 3.05) is 13.2 Å². The molecule has 8 heteroatoms. The van der Waals surface area contributed by atoms with E-state index in [4.69, 9.17) is 14.6 Å². The van der Waals surface area contributed by atoms with Crippen LogP contribution in [0.2, 0.25) is 0 Å². The summed E-state index contributed by atoms with van der Waals surface area (Å²) in [5.41, 5.74) is 0. The van der Waals surface area contributed by atoms with Crippen molar-refractivity contribution in [3.63, 3.8) is 0 Å². The Bertz CT molecular complexity index is 811. The highest BCUT2D eigenvalue weighted by Crippen LogP contribution is 2.41. The van der Waals surface area contributed by atoms with Crippen LogP contribution in [0.25, 0.3) is 0 Å². The molecule has 2 fully saturated rings. The molecule has 1 aromatic carbocycles. The number of aliphatic carboxylic acids is 1. The number of aliphatic hydroxyl groups excluding tert-OH is 1. The van der Waals surface area contributed by atoms with Crippen LogP contribution >= 0.6 is 0 Å². The van der Waals surface area contributed by atoms with E-state index in [-0.39, 0.29) is 30.1 Å². The van der Waals surface area contributed by atoms with Crippen LogP contribution in [0.15, 0.2) is 30.4 Å². The molecule has 6 nitrogen and oxygen atoms in total. The SMILES string of the molecule is O=C(O)CCC[C@H]1CC[C@@H]2[C@@H](C=CC(=O)COc3cc(F)ccc3F)[C@H](O)C[C@@H]2OC1. The van der Waals surface area contributed by atoms with Crippen molar-refractivity contribution in [3.8, 4) is 5.75 Å². The van der Waals surface area contributed by atoms with Crippen LogP contribution in [0.5, 0.6) is 5.75 Å². The van der Waals surface area contributed by atoms with Gasteiger partial charge in [0.2, 0.25) is 0 Å². The van der Waals surface area contributed by atoms with Gasteiger partial charge in [-0.05, 0) is 55.7 Å². The smallest absolute Gasteiger partial charge is 0.303 e. The van der Waals surface area contributed by atoms with Crippen molar-refractivity contribution < 1.29 is 38.1 Å². The number of ether oxygens (including phenoxy) is 2. The molecular formula is C23H28F2O6. The van der Waals surface area contributed by atoms with E-state index in [2.05, 4.69) is 0 Å². The molecular weight excluding hydrogens is 410 g/mol. The molecule has 170 valence electrons. The molecule has 0 unspecified atom stereocenters. The van der Waals surface area contributed by atoms with Gasteiger partial charge in [0.05, 0.1) is 12.2 Å². The van der Waals surface area contributed by atoms with Gasteiger partial charge in [-0.25, -0.2) is 8.78 Å². The maximum atomic E-state index is 13.6. The summed E-state index contributed by atoms with van der Waals surface area (Å²) in [6.07, 6.45) is 6.02. The fourth-order valence-electron chi connectivity index (χ4n) is 4.49. The maximum Gasteiger partial charge on any atom is 0.303 e. The highest BCUT2D eigenvalue weighted by atomic mass is 19.1. The van der Waals surface area contributed by atoms with Crippen molar-refractivity contribution in [2.45, 2.75) is 50.7 Å². The van der Waals surface area contributed by atoms with E-state index < -0.39 is 36.1 Å². The second-order valence-corrected chi connectivity index (χ2v) is 8.33. The number of carboxylic acid groups (broad SMARTS) is 1. The normalized spacial score (nSPS) is 28.3. The number of benzene rings is 1. The number of rotatable bonds is 9. The van der Waals surface area contributed by atoms with Gasteiger partial charge >= 0.3 is 5.97 Å². The van der Waals surface area contributed by atoms with Crippen LogP contribution in [-0.2, 0) is 14.3 Å². The third kappa shape index (κ3) is 6.58. The third-order valence-corrected chi connectivity index (χ3v) is 6.11. The minimum Gasteiger partial charge on any atom is -0.482 e. The topological polar surface area (TPSA) is 93.1 Å². The lowest BCUT2D eigenvalue weighted by atomic mass is 9.86. The zero-order chi connectivity index (χ0) is 22.4. The van der Waals surface area contributed by atoms with Gasteiger partial charge in [0, 0.05) is 31.4 Å². The first-order chi connectivity index (χ1) is 14.8. The average molecular weight is 438 g/mol. The minimum absolute atomic E-state index is 0.0742. The molecule has 1 saturated heterocycles. The number of fused-ring (bicyclic) bond motifs is 1. The summed E-state index contributed by atoms with van der Waals surface area (Å²) in [6, 6.07) is 2.78. The number of carbonyl (C=O) groups excluding carboxylic acids is 1. The van der Waals surface area contributed by atoms with Crippen molar-refractivity contribution in [1.29, 1.82) is 0 Å². The molecule has 1 heterocycles. The number of hydrogen-bond donors (Lipinski definition) is 2. The number of halogens is 2. The maximum absolute atomic E-state index is 13.6. The van der Waals surface area contributed by atoms with Gasteiger partial charge in [-0.2, -0.15) is 0 Å². The Hall–Kier alpha value is -2.32. The van der Waals surface area contributed by atoms with Crippen LogP contribution in [0.3, 0.4) is 0 Å². The van der Waals surface area contributed by atoms with Gasteiger partial charge in [-0.1, -0.05) is 6.08 Å². The molecule has 0 spiro atoms. The molecule has 1 saturated carbocycles. The second-order valence-electron chi connectivity index (χ2n) is 8.33. The van der Waals surface area contributed by atoms with Crippen LogP contribution in [-0.4, -0.2) is 47.4 Å².